The van der Waals surface area contributed by atoms with Crippen molar-refractivity contribution < 1.29 is 30.3 Å². The standard InChI is InChI=1S/C18H14N2O7/c1-18(27)16(25)11-9(15(24)17(18)26)8-10(12(11)20-19)14(23)7-5(13(8)22)3-2-4-6(7)21/h2-4,15-17,21,24-27H,1H3/t15-,16+,17?,18+/m0/s1. The van der Waals surface area contributed by atoms with Crippen LogP contribution in [-0.4, -0.2) is 42.0 Å². The number of hydrogen-bond acceptors (Lipinski definition) is 7. The Labute approximate surface area is 149 Å². The Hall–Kier alpha value is -2.94. The van der Waals surface area contributed by atoms with E-state index in [0.717, 1.165) is 6.92 Å². The number of phenolic OH excluding ortho intramolecular Hbond substituents is 1. The minimum atomic E-state index is -2.23. The van der Waals surface area contributed by atoms with Crippen LogP contribution >= 0.6 is 0 Å². The predicted molar refractivity (Wildman–Crippen MR) is 89.1 cm³/mol. The maximum atomic E-state index is 13.0. The second-order valence-corrected chi connectivity index (χ2v) is 6.90. The molecule has 5 N–H and O–H groups in total. The summed E-state index contributed by atoms with van der Waals surface area (Å²) in [5.74, 6) is -0.451. The molecular formula is C18H14N2O7. The zero-order valence-corrected chi connectivity index (χ0v) is 13.9. The van der Waals surface area contributed by atoms with E-state index in [9.17, 15) is 40.7 Å². The molecule has 1 aromatic rings. The largest absolute Gasteiger partial charge is 0.507 e. The van der Waals surface area contributed by atoms with Crippen molar-refractivity contribution in [3.63, 3.8) is 0 Å². The first kappa shape index (κ1) is 17.5. The van der Waals surface area contributed by atoms with Crippen LogP contribution < -0.4 is 16.2 Å². The molecule has 3 aliphatic rings. The second-order valence-electron chi connectivity index (χ2n) is 6.90. The zero-order chi connectivity index (χ0) is 19.8. The maximum Gasteiger partial charge on any atom is 0.333 e. The summed E-state index contributed by atoms with van der Waals surface area (Å²) >= 11 is 0. The van der Waals surface area contributed by atoms with E-state index in [4.69, 9.17) is 0 Å². The van der Waals surface area contributed by atoms with Crippen molar-refractivity contribution in [3.05, 3.63) is 71.1 Å². The highest BCUT2D eigenvalue weighted by Gasteiger charge is 2.52. The number of phenols is 1. The molecule has 0 aromatic heterocycles. The lowest BCUT2D eigenvalue weighted by Crippen LogP contribution is -2.52. The Balaban J connectivity index is 2.43. The third kappa shape index (κ3) is 1.92. The van der Waals surface area contributed by atoms with Crippen molar-refractivity contribution in [1.82, 2.24) is 0 Å². The van der Waals surface area contributed by atoms with E-state index in [0.29, 0.717) is 0 Å². The third-order valence-corrected chi connectivity index (χ3v) is 5.39. The summed E-state index contributed by atoms with van der Waals surface area (Å²) < 4.78 is 0. The summed E-state index contributed by atoms with van der Waals surface area (Å²) in [5, 5.41) is 50.0. The number of rotatable bonds is 0. The molecule has 0 heterocycles. The van der Waals surface area contributed by atoms with Crippen molar-refractivity contribution >= 4 is 10.8 Å². The highest BCUT2D eigenvalue weighted by Crippen LogP contribution is 2.42. The van der Waals surface area contributed by atoms with Crippen molar-refractivity contribution in [1.29, 1.82) is 0 Å². The van der Waals surface area contributed by atoms with Gasteiger partial charge in [0.15, 0.2) is 5.43 Å². The third-order valence-electron chi connectivity index (χ3n) is 5.39. The average Bonchev–Trinajstić information content (AvgIpc) is 2.98. The lowest BCUT2D eigenvalue weighted by Gasteiger charge is -2.40. The number of nitrogens with zero attached hydrogens (tertiary/aromatic N) is 2. The molecule has 9 nitrogen and oxygen atoms in total. The van der Waals surface area contributed by atoms with Gasteiger partial charge < -0.3 is 31.1 Å². The van der Waals surface area contributed by atoms with Gasteiger partial charge in [0.05, 0.1) is 10.9 Å². The molecule has 0 amide bonds. The fourth-order valence-electron chi connectivity index (χ4n) is 3.95. The van der Waals surface area contributed by atoms with Gasteiger partial charge in [-0.25, -0.2) is 0 Å². The van der Waals surface area contributed by atoms with E-state index in [2.05, 4.69) is 4.79 Å². The Morgan fingerprint density at radius 3 is 2.37 bits per heavy atom. The van der Waals surface area contributed by atoms with Gasteiger partial charge in [-0.2, -0.15) is 4.79 Å². The molecule has 9 heteroatoms. The lowest BCUT2D eigenvalue weighted by atomic mass is 9.76. The number of aromatic hydroxyl groups is 1. The van der Waals surface area contributed by atoms with Crippen LogP contribution in [-0.2, 0) is 0 Å². The first-order chi connectivity index (χ1) is 12.6. The van der Waals surface area contributed by atoms with Crippen LogP contribution in [0.15, 0.2) is 27.8 Å². The molecule has 0 saturated heterocycles. The summed E-state index contributed by atoms with van der Waals surface area (Å²) in [6, 6.07) is 3.89. The van der Waals surface area contributed by atoms with E-state index in [1.165, 1.54) is 18.2 Å². The quantitative estimate of drug-likeness (QED) is 0.229. The molecule has 138 valence electrons. The van der Waals surface area contributed by atoms with Gasteiger partial charge >= 0.3 is 5.36 Å². The van der Waals surface area contributed by atoms with Gasteiger partial charge in [0.25, 0.3) is 0 Å². The van der Waals surface area contributed by atoms with Crippen LogP contribution in [0.25, 0.3) is 16.3 Å². The van der Waals surface area contributed by atoms with Crippen molar-refractivity contribution in [2.45, 2.75) is 30.8 Å². The van der Waals surface area contributed by atoms with Gasteiger partial charge in [0, 0.05) is 16.2 Å². The van der Waals surface area contributed by atoms with E-state index in [-0.39, 0.29) is 27.1 Å². The van der Waals surface area contributed by atoms with Crippen LogP contribution in [0.2, 0.25) is 0 Å². The maximum absolute atomic E-state index is 13.0. The smallest absolute Gasteiger partial charge is 0.333 e. The minimum absolute atomic E-state index is 0.127. The molecule has 0 aliphatic heterocycles. The van der Waals surface area contributed by atoms with E-state index < -0.39 is 51.1 Å². The second kappa shape index (κ2) is 5.29. The fourth-order valence-corrected chi connectivity index (χ4v) is 3.95. The van der Waals surface area contributed by atoms with Crippen LogP contribution in [0.4, 0.5) is 0 Å². The Morgan fingerprint density at radius 2 is 1.74 bits per heavy atom. The van der Waals surface area contributed by atoms with Crippen molar-refractivity contribution in [2.24, 2.45) is 0 Å². The van der Waals surface area contributed by atoms with Crippen LogP contribution in [0.3, 0.4) is 0 Å². The average molecular weight is 370 g/mol. The molecule has 0 saturated carbocycles. The Morgan fingerprint density at radius 1 is 1.07 bits per heavy atom. The van der Waals surface area contributed by atoms with Gasteiger partial charge in [-0.15, -0.1) is 0 Å². The topological polar surface area (TPSA) is 172 Å². The summed E-state index contributed by atoms with van der Waals surface area (Å²) in [6.07, 6.45) is -5.54. The molecule has 0 spiro atoms. The summed E-state index contributed by atoms with van der Waals surface area (Å²) in [4.78, 5) is 29.0. The normalized spacial score (nSPS) is 27.7. The van der Waals surface area contributed by atoms with Gasteiger partial charge in [-0.05, 0) is 13.0 Å². The molecule has 0 bridgehead atoms. The number of benzene rings is 1. The number of fused-ring (bicyclic) bond motifs is 3. The molecule has 3 aliphatic carbocycles. The molecule has 4 atom stereocenters. The Kier molecular flexibility index (Phi) is 3.42. The summed E-state index contributed by atoms with van der Waals surface area (Å²) in [5.41, 5.74) is 5.04. The highest BCUT2D eigenvalue weighted by molar-refractivity contribution is 5.88. The van der Waals surface area contributed by atoms with Crippen LogP contribution in [0.5, 0.6) is 5.75 Å². The SMILES string of the molecule is C[C@]1(O)C(O)[C@@H](O)c2c(c(=[N+]=[N-])c3c(=O)c4c(O)cccc4c(=O)c2=3)[C@H]1O. The van der Waals surface area contributed by atoms with Crippen LogP contribution in [0, 0.1) is 10.4 Å². The lowest BCUT2D eigenvalue weighted by molar-refractivity contribution is -0.184. The van der Waals surface area contributed by atoms with Gasteiger partial charge in [-0.3, -0.25) is 9.59 Å². The molecular weight excluding hydrogens is 356 g/mol. The fraction of sp³-hybridized carbons (Fsp3) is 0.278. The monoisotopic (exact) mass is 370 g/mol. The van der Waals surface area contributed by atoms with Crippen LogP contribution in [0.1, 0.15) is 30.3 Å². The first-order valence-corrected chi connectivity index (χ1v) is 8.04. The molecule has 0 fully saturated rings. The first-order valence-electron chi connectivity index (χ1n) is 8.04. The summed E-state index contributed by atoms with van der Waals surface area (Å²) in [6.45, 7) is 1.06. The predicted octanol–water partition coefficient (Wildman–Crippen LogP) is -1.81. The van der Waals surface area contributed by atoms with Crippen molar-refractivity contribution in [3.8, 4) is 5.75 Å². The molecule has 1 unspecified atom stereocenters. The minimum Gasteiger partial charge on any atom is -0.507 e. The zero-order valence-electron chi connectivity index (χ0n) is 13.9. The molecule has 0 radical (unpaired) electrons. The molecule has 27 heavy (non-hydrogen) atoms. The van der Waals surface area contributed by atoms with E-state index in [1.807, 2.05) is 0 Å². The van der Waals surface area contributed by atoms with Gasteiger partial charge in [0.2, 0.25) is 5.43 Å². The molecule has 1 aromatic carbocycles. The summed E-state index contributed by atoms with van der Waals surface area (Å²) in [7, 11) is 0. The van der Waals surface area contributed by atoms with Gasteiger partial charge in [-0.1, -0.05) is 12.1 Å². The van der Waals surface area contributed by atoms with Gasteiger partial charge in [0.1, 0.15) is 34.9 Å². The Bertz CT molecular complexity index is 1360. The van der Waals surface area contributed by atoms with E-state index >= 15 is 0 Å². The number of aliphatic hydroxyl groups excluding tert-OH is 3. The highest BCUT2D eigenvalue weighted by atomic mass is 16.4. The molecule has 4 rings (SSSR count). The van der Waals surface area contributed by atoms with E-state index in [1.54, 1.807) is 0 Å². The number of aliphatic hydroxyl groups is 4. The van der Waals surface area contributed by atoms with Crippen molar-refractivity contribution in [2.75, 3.05) is 0 Å². The number of hydrogen-bond donors (Lipinski definition) is 5.